The van der Waals surface area contributed by atoms with Gasteiger partial charge in [-0.05, 0) is 31.4 Å². The van der Waals surface area contributed by atoms with Gasteiger partial charge in [0, 0.05) is 16.9 Å². The van der Waals surface area contributed by atoms with Crippen molar-refractivity contribution < 1.29 is 23.8 Å². The van der Waals surface area contributed by atoms with Crippen molar-refractivity contribution in [2.75, 3.05) is 13.2 Å². The smallest absolute Gasteiger partial charge is 0.408 e. The van der Waals surface area contributed by atoms with Crippen molar-refractivity contribution in [2.45, 2.75) is 38.3 Å². The van der Waals surface area contributed by atoms with E-state index in [1.165, 1.54) is 0 Å². The molecule has 0 aromatic heterocycles. The lowest BCUT2D eigenvalue weighted by Crippen LogP contribution is -2.50. The molecule has 1 heterocycles. The van der Waals surface area contributed by atoms with Crippen LogP contribution in [0.1, 0.15) is 36.8 Å². The zero-order valence-electron chi connectivity index (χ0n) is 16.4. The molecule has 152 valence electrons. The van der Waals surface area contributed by atoms with E-state index in [-0.39, 0.29) is 24.5 Å². The Kier molecular flexibility index (Phi) is 5.43. The quantitative estimate of drug-likeness (QED) is 0.753. The van der Waals surface area contributed by atoms with Gasteiger partial charge in [0.05, 0.1) is 13.2 Å². The van der Waals surface area contributed by atoms with Crippen molar-refractivity contribution in [1.82, 2.24) is 5.32 Å². The molecule has 2 aromatic carbocycles. The van der Waals surface area contributed by atoms with Crippen molar-refractivity contribution in [3.05, 3.63) is 65.7 Å². The summed E-state index contributed by atoms with van der Waals surface area (Å²) in [5, 5.41) is 2.79. The number of esters is 1. The second kappa shape index (κ2) is 8.15. The van der Waals surface area contributed by atoms with E-state index >= 15 is 0 Å². The van der Waals surface area contributed by atoms with Gasteiger partial charge in [0.2, 0.25) is 0 Å². The van der Waals surface area contributed by atoms with Gasteiger partial charge in [-0.25, -0.2) is 9.59 Å². The van der Waals surface area contributed by atoms with Crippen molar-refractivity contribution in [2.24, 2.45) is 5.41 Å². The van der Waals surface area contributed by atoms with Crippen molar-refractivity contribution >= 4 is 12.1 Å². The zero-order valence-corrected chi connectivity index (χ0v) is 16.4. The molecule has 0 radical (unpaired) electrons. The van der Waals surface area contributed by atoms with E-state index in [2.05, 4.69) is 5.32 Å². The fraction of sp³-hybridized carbons (Fsp3) is 0.391. The van der Waals surface area contributed by atoms with E-state index in [1.54, 1.807) is 6.92 Å². The number of para-hydroxylation sites is 1. The first-order chi connectivity index (χ1) is 14.1. The molecule has 4 rings (SSSR count). The highest BCUT2D eigenvalue weighted by Crippen LogP contribution is 2.61. The van der Waals surface area contributed by atoms with Crippen molar-refractivity contribution in [3.63, 3.8) is 0 Å². The Labute approximate surface area is 170 Å². The Morgan fingerprint density at radius 2 is 1.83 bits per heavy atom. The molecule has 1 amide bonds. The number of rotatable bonds is 6. The molecular weight excluding hydrogens is 370 g/mol. The molecule has 0 bridgehead atoms. The third kappa shape index (κ3) is 4.06. The molecule has 6 heteroatoms. The average Bonchev–Trinajstić information content (AvgIpc) is 3.52. The predicted molar refractivity (Wildman–Crippen MR) is 107 cm³/mol. The highest BCUT2D eigenvalue weighted by molar-refractivity contribution is 5.83. The minimum absolute atomic E-state index is 0.137. The van der Waals surface area contributed by atoms with Crippen LogP contribution in [0.25, 0.3) is 0 Å². The van der Waals surface area contributed by atoms with E-state index in [0.29, 0.717) is 6.61 Å². The number of amides is 1. The maximum absolute atomic E-state index is 12.8. The van der Waals surface area contributed by atoms with Crippen LogP contribution in [0.15, 0.2) is 54.6 Å². The SMILES string of the molecule is CCOC(=O)C(NC(=O)OCc1ccccc1)C1c2ccccc2OCC12CC2. The standard InChI is InChI=1S/C23H25NO5/c1-2-27-21(25)20(24-22(26)28-14-16-8-4-3-5-9-16)19-17-10-6-7-11-18(17)29-15-23(19)12-13-23/h3-11,19-20H,2,12-15H2,1H3,(H,24,26). The summed E-state index contributed by atoms with van der Waals surface area (Å²) in [6.45, 7) is 2.67. The van der Waals surface area contributed by atoms with Gasteiger partial charge in [0.1, 0.15) is 18.4 Å². The Morgan fingerprint density at radius 3 is 2.55 bits per heavy atom. The molecule has 0 saturated heterocycles. The van der Waals surface area contributed by atoms with Crippen LogP contribution in [-0.2, 0) is 20.9 Å². The Morgan fingerprint density at radius 1 is 1.10 bits per heavy atom. The van der Waals surface area contributed by atoms with Gasteiger partial charge in [-0.2, -0.15) is 0 Å². The number of carbonyl (C=O) groups excluding carboxylic acids is 2. The molecule has 1 N–H and O–H groups in total. The molecule has 1 aliphatic carbocycles. The predicted octanol–water partition coefficient (Wildman–Crippen LogP) is 3.80. The fourth-order valence-electron chi connectivity index (χ4n) is 4.06. The van der Waals surface area contributed by atoms with Crippen LogP contribution in [-0.4, -0.2) is 31.3 Å². The lowest BCUT2D eigenvalue weighted by atomic mass is 9.76. The van der Waals surface area contributed by atoms with Crippen LogP contribution >= 0.6 is 0 Å². The number of carbonyl (C=O) groups is 2. The summed E-state index contributed by atoms with van der Waals surface area (Å²) in [6, 6.07) is 16.3. The second-order valence-electron chi connectivity index (χ2n) is 7.60. The van der Waals surface area contributed by atoms with Crippen LogP contribution in [0.3, 0.4) is 0 Å². The minimum Gasteiger partial charge on any atom is -0.493 e. The van der Waals surface area contributed by atoms with E-state index < -0.39 is 18.1 Å². The highest BCUT2D eigenvalue weighted by atomic mass is 16.6. The van der Waals surface area contributed by atoms with Crippen LogP contribution in [0.4, 0.5) is 4.79 Å². The molecule has 2 unspecified atom stereocenters. The normalized spacial score (nSPS) is 19.4. The molecule has 2 aromatic rings. The molecule has 1 saturated carbocycles. The van der Waals surface area contributed by atoms with E-state index in [9.17, 15) is 9.59 Å². The molecule has 1 spiro atoms. The van der Waals surface area contributed by atoms with Gasteiger partial charge in [-0.3, -0.25) is 0 Å². The van der Waals surface area contributed by atoms with Gasteiger partial charge in [-0.15, -0.1) is 0 Å². The highest BCUT2D eigenvalue weighted by Gasteiger charge is 2.58. The van der Waals surface area contributed by atoms with Gasteiger partial charge in [-0.1, -0.05) is 48.5 Å². The number of fused-ring (bicyclic) bond motifs is 1. The summed E-state index contributed by atoms with van der Waals surface area (Å²) in [6.07, 6.45) is 1.26. The largest absolute Gasteiger partial charge is 0.493 e. The van der Waals surface area contributed by atoms with E-state index in [0.717, 1.165) is 29.7 Å². The number of hydrogen-bond acceptors (Lipinski definition) is 5. The zero-order chi connectivity index (χ0) is 20.3. The first-order valence-electron chi connectivity index (χ1n) is 9.98. The van der Waals surface area contributed by atoms with Crippen LogP contribution in [0.5, 0.6) is 5.75 Å². The second-order valence-corrected chi connectivity index (χ2v) is 7.60. The Hall–Kier alpha value is -3.02. The first kappa shape index (κ1) is 19.3. The molecule has 2 atom stereocenters. The third-order valence-electron chi connectivity index (χ3n) is 5.68. The van der Waals surface area contributed by atoms with E-state index in [4.69, 9.17) is 14.2 Å². The summed E-state index contributed by atoms with van der Waals surface area (Å²) >= 11 is 0. The van der Waals surface area contributed by atoms with Crippen molar-refractivity contribution in [3.8, 4) is 5.75 Å². The number of nitrogens with one attached hydrogen (secondary N) is 1. The Balaban J connectivity index is 1.55. The lowest BCUT2D eigenvalue weighted by Gasteiger charge is -2.38. The van der Waals surface area contributed by atoms with Gasteiger partial charge in [0.15, 0.2) is 0 Å². The topological polar surface area (TPSA) is 73.9 Å². The van der Waals surface area contributed by atoms with Gasteiger partial charge >= 0.3 is 12.1 Å². The summed E-state index contributed by atoms with van der Waals surface area (Å²) < 4.78 is 16.6. The summed E-state index contributed by atoms with van der Waals surface area (Å²) in [5.74, 6) is 0.0942. The van der Waals surface area contributed by atoms with Crippen LogP contribution in [0.2, 0.25) is 0 Å². The minimum atomic E-state index is -0.828. The van der Waals surface area contributed by atoms with Crippen LogP contribution in [0, 0.1) is 5.41 Å². The number of benzene rings is 2. The number of alkyl carbamates (subject to hydrolysis) is 1. The lowest BCUT2D eigenvalue weighted by molar-refractivity contribution is -0.147. The van der Waals surface area contributed by atoms with Gasteiger partial charge < -0.3 is 19.5 Å². The molecule has 1 aliphatic heterocycles. The Bertz CT molecular complexity index is 878. The third-order valence-corrected chi connectivity index (χ3v) is 5.68. The number of ether oxygens (including phenoxy) is 3. The first-order valence-corrected chi connectivity index (χ1v) is 9.98. The van der Waals surface area contributed by atoms with Crippen LogP contribution < -0.4 is 10.1 Å². The summed E-state index contributed by atoms with van der Waals surface area (Å²) in [4.78, 5) is 25.4. The summed E-state index contributed by atoms with van der Waals surface area (Å²) in [5.41, 5.74) is 1.65. The molecule has 6 nitrogen and oxygen atoms in total. The summed E-state index contributed by atoms with van der Waals surface area (Å²) in [7, 11) is 0. The maximum atomic E-state index is 12.8. The maximum Gasteiger partial charge on any atom is 0.408 e. The van der Waals surface area contributed by atoms with Gasteiger partial charge in [0.25, 0.3) is 0 Å². The number of hydrogen-bond donors (Lipinski definition) is 1. The molecule has 1 fully saturated rings. The fourth-order valence-corrected chi connectivity index (χ4v) is 4.06. The molecule has 29 heavy (non-hydrogen) atoms. The molecular formula is C23H25NO5. The molecule has 2 aliphatic rings. The van der Waals surface area contributed by atoms with E-state index in [1.807, 2.05) is 54.6 Å². The van der Waals surface area contributed by atoms with Crippen molar-refractivity contribution in [1.29, 1.82) is 0 Å². The average molecular weight is 395 g/mol. The monoisotopic (exact) mass is 395 g/mol.